The lowest BCUT2D eigenvalue weighted by Gasteiger charge is -2.11. The molecule has 0 spiro atoms. The first-order chi connectivity index (χ1) is 7.16. The minimum atomic E-state index is -2.40. The van der Waals surface area contributed by atoms with E-state index in [1.807, 2.05) is 0 Å². The summed E-state index contributed by atoms with van der Waals surface area (Å²) in [5.74, 6) is 1.19. The van der Waals surface area contributed by atoms with E-state index in [-0.39, 0.29) is 25.6 Å². The SMILES string of the molecule is Cl.N[C@@H](CC(F)F)c1ccc2c(c1)OCO2. The number of hydrogen-bond donors (Lipinski definition) is 1. The average molecular weight is 252 g/mol. The zero-order valence-corrected chi connectivity index (χ0v) is 9.18. The van der Waals surface area contributed by atoms with E-state index in [0.29, 0.717) is 17.1 Å². The zero-order valence-electron chi connectivity index (χ0n) is 8.36. The Morgan fingerprint density at radius 3 is 2.62 bits per heavy atom. The molecule has 0 fully saturated rings. The smallest absolute Gasteiger partial charge is 0.240 e. The number of fused-ring (bicyclic) bond motifs is 1. The Morgan fingerprint density at radius 2 is 1.94 bits per heavy atom. The Balaban J connectivity index is 0.00000128. The third kappa shape index (κ3) is 2.74. The summed E-state index contributed by atoms with van der Waals surface area (Å²) in [6, 6.07) is 4.35. The van der Waals surface area contributed by atoms with Crippen LogP contribution in [0.25, 0.3) is 0 Å². The van der Waals surface area contributed by atoms with Crippen LogP contribution in [0.3, 0.4) is 0 Å². The summed E-state index contributed by atoms with van der Waals surface area (Å²) in [5, 5.41) is 0. The van der Waals surface area contributed by atoms with E-state index in [2.05, 4.69) is 0 Å². The van der Waals surface area contributed by atoms with Gasteiger partial charge in [-0.25, -0.2) is 8.78 Å². The number of alkyl halides is 2. The zero-order chi connectivity index (χ0) is 10.8. The number of rotatable bonds is 3. The van der Waals surface area contributed by atoms with Crippen LogP contribution in [0.4, 0.5) is 8.78 Å². The van der Waals surface area contributed by atoms with Crippen molar-refractivity contribution in [3.8, 4) is 11.5 Å². The maximum atomic E-state index is 12.1. The molecule has 90 valence electrons. The molecule has 6 heteroatoms. The van der Waals surface area contributed by atoms with Gasteiger partial charge in [0.2, 0.25) is 13.2 Å². The summed E-state index contributed by atoms with van der Waals surface area (Å²) >= 11 is 0. The van der Waals surface area contributed by atoms with Gasteiger partial charge in [-0.3, -0.25) is 0 Å². The first-order valence-corrected chi connectivity index (χ1v) is 4.60. The molecular formula is C10H12ClF2NO2. The van der Waals surface area contributed by atoms with Crippen LogP contribution in [0.15, 0.2) is 18.2 Å². The van der Waals surface area contributed by atoms with E-state index in [4.69, 9.17) is 15.2 Å². The average Bonchev–Trinajstić information content (AvgIpc) is 2.62. The lowest BCUT2D eigenvalue weighted by molar-refractivity contribution is 0.128. The first kappa shape index (κ1) is 13.0. The van der Waals surface area contributed by atoms with Crippen LogP contribution in [-0.2, 0) is 0 Å². The standard InChI is InChI=1S/C10H11F2NO2.ClH/c11-10(12)4-7(13)6-1-2-8-9(3-6)15-5-14-8;/h1-3,7,10H,4-5,13H2;1H/t7-;/m0./s1. The summed E-state index contributed by atoms with van der Waals surface area (Å²) in [4.78, 5) is 0. The molecule has 1 aliphatic heterocycles. The molecule has 16 heavy (non-hydrogen) atoms. The highest BCUT2D eigenvalue weighted by Crippen LogP contribution is 2.34. The fraction of sp³-hybridized carbons (Fsp3) is 0.400. The second kappa shape index (κ2) is 5.32. The number of benzene rings is 1. The number of halogens is 3. The summed E-state index contributed by atoms with van der Waals surface area (Å²) in [6.45, 7) is 0.170. The molecule has 1 heterocycles. The molecular weight excluding hydrogens is 240 g/mol. The fourth-order valence-corrected chi connectivity index (χ4v) is 1.47. The molecule has 2 rings (SSSR count). The molecule has 0 aromatic heterocycles. The van der Waals surface area contributed by atoms with Crippen molar-refractivity contribution in [2.24, 2.45) is 5.73 Å². The minimum Gasteiger partial charge on any atom is -0.454 e. The molecule has 2 N–H and O–H groups in total. The molecule has 1 aromatic carbocycles. The molecule has 0 saturated heterocycles. The van der Waals surface area contributed by atoms with Crippen molar-refractivity contribution in [1.82, 2.24) is 0 Å². The molecule has 0 aliphatic carbocycles. The van der Waals surface area contributed by atoms with Crippen molar-refractivity contribution in [2.75, 3.05) is 6.79 Å². The Bertz CT molecular complexity index is 363. The van der Waals surface area contributed by atoms with Gasteiger partial charge < -0.3 is 15.2 Å². The fourth-order valence-electron chi connectivity index (χ4n) is 1.47. The van der Waals surface area contributed by atoms with Crippen molar-refractivity contribution in [1.29, 1.82) is 0 Å². The van der Waals surface area contributed by atoms with Crippen LogP contribution < -0.4 is 15.2 Å². The van der Waals surface area contributed by atoms with E-state index >= 15 is 0 Å². The monoisotopic (exact) mass is 251 g/mol. The molecule has 1 atom stereocenters. The van der Waals surface area contributed by atoms with Crippen LogP contribution >= 0.6 is 12.4 Å². The number of ether oxygens (including phenoxy) is 2. The highest BCUT2D eigenvalue weighted by molar-refractivity contribution is 5.85. The summed E-state index contributed by atoms with van der Waals surface area (Å²) in [5.41, 5.74) is 6.25. The van der Waals surface area contributed by atoms with Crippen molar-refractivity contribution in [2.45, 2.75) is 18.9 Å². The van der Waals surface area contributed by atoms with Crippen LogP contribution in [0, 0.1) is 0 Å². The van der Waals surface area contributed by atoms with Crippen molar-refractivity contribution in [3.05, 3.63) is 23.8 Å². The van der Waals surface area contributed by atoms with Gasteiger partial charge in [-0.1, -0.05) is 6.07 Å². The quantitative estimate of drug-likeness (QED) is 0.898. The molecule has 0 bridgehead atoms. The van der Waals surface area contributed by atoms with Crippen molar-refractivity contribution >= 4 is 12.4 Å². The van der Waals surface area contributed by atoms with Gasteiger partial charge in [-0.05, 0) is 17.7 Å². The van der Waals surface area contributed by atoms with E-state index in [1.165, 1.54) is 0 Å². The predicted octanol–water partition coefficient (Wildman–Crippen LogP) is 2.49. The van der Waals surface area contributed by atoms with Gasteiger partial charge >= 0.3 is 0 Å². The lowest BCUT2D eigenvalue weighted by atomic mass is 10.0. The molecule has 0 radical (unpaired) electrons. The summed E-state index contributed by atoms with van der Waals surface area (Å²) in [6.07, 6.45) is -2.75. The molecule has 0 amide bonds. The van der Waals surface area contributed by atoms with Gasteiger partial charge in [0.1, 0.15) is 0 Å². The predicted molar refractivity (Wildman–Crippen MR) is 57.4 cm³/mol. The Kier molecular flexibility index (Phi) is 4.32. The van der Waals surface area contributed by atoms with Gasteiger partial charge in [0, 0.05) is 12.5 Å². The van der Waals surface area contributed by atoms with Gasteiger partial charge in [0.05, 0.1) is 0 Å². The second-order valence-corrected chi connectivity index (χ2v) is 3.35. The third-order valence-corrected chi connectivity index (χ3v) is 2.26. The number of hydrogen-bond acceptors (Lipinski definition) is 3. The highest BCUT2D eigenvalue weighted by Gasteiger charge is 2.18. The van der Waals surface area contributed by atoms with Crippen LogP contribution in [-0.4, -0.2) is 13.2 Å². The summed E-state index contributed by atoms with van der Waals surface area (Å²) in [7, 11) is 0. The highest BCUT2D eigenvalue weighted by atomic mass is 35.5. The minimum absolute atomic E-state index is 0. The van der Waals surface area contributed by atoms with E-state index in [9.17, 15) is 8.78 Å². The van der Waals surface area contributed by atoms with Gasteiger partial charge in [-0.15, -0.1) is 12.4 Å². The van der Waals surface area contributed by atoms with E-state index < -0.39 is 12.5 Å². The Labute approximate surface area is 97.9 Å². The van der Waals surface area contributed by atoms with E-state index in [1.54, 1.807) is 18.2 Å². The number of nitrogens with two attached hydrogens (primary N) is 1. The Hall–Kier alpha value is -1.07. The maximum absolute atomic E-state index is 12.1. The maximum Gasteiger partial charge on any atom is 0.240 e. The topological polar surface area (TPSA) is 44.5 Å². The normalized spacial score (nSPS) is 14.8. The summed E-state index contributed by atoms with van der Waals surface area (Å²) < 4.78 is 34.5. The molecule has 1 aliphatic rings. The second-order valence-electron chi connectivity index (χ2n) is 3.35. The molecule has 0 unspecified atom stereocenters. The molecule has 3 nitrogen and oxygen atoms in total. The first-order valence-electron chi connectivity index (χ1n) is 4.60. The largest absolute Gasteiger partial charge is 0.454 e. The van der Waals surface area contributed by atoms with Crippen molar-refractivity contribution < 1.29 is 18.3 Å². The Morgan fingerprint density at radius 1 is 1.25 bits per heavy atom. The molecule has 1 aromatic rings. The van der Waals surface area contributed by atoms with E-state index in [0.717, 1.165) is 0 Å². The van der Waals surface area contributed by atoms with Crippen molar-refractivity contribution in [3.63, 3.8) is 0 Å². The van der Waals surface area contributed by atoms with Crippen LogP contribution in [0.5, 0.6) is 11.5 Å². The van der Waals surface area contributed by atoms with Crippen LogP contribution in [0.2, 0.25) is 0 Å². The van der Waals surface area contributed by atoms with Gasteiger partial charge in [-0.2, -0.15) is 0 Å². The lowest BCUT2D eigenvalue weighted by Crippen LogP contribution is -2.13. The molecule has 0 saturated carbocycles. The van der Waals surface area contributed by atoms with Crippen LogP contribution in [0.1, 0.15) is 18.0 Å². The third-order valence-electron chi connectivity index (χ3n) is 2.26. The van der Waals surface area contributed by atoms with Gasteiger partial charge in [0.25, 0.3) is 0 Å². The van der Waals surface area contributed by atoms with Gasteiger partial charge in [0.15, 0.2) is 11.5 Å².